The van der Waals surface area contributed by atoms with E-state index in [1.165, 1.54) is 5.56 Å². The second kappa shape index (κ2) is 9.44. The van der Waals surface area contributed by atoms with Crippen LogP contribution in [0.5, 0.6) is 5.75 Å². The minimum Gasteiger partial charge on any atom is -0.493 e. The van der Waals surface area contributed by atoms with Gasteiger partial charge in [0.25, 0.3) is 0 Å². The van der Waals surface area contributed by atoms with Crippen molar-refractivity contribution in [3.8, 4) is 5.75 Å². The predicted octanol–water partition coefficient (Wildman–Crippen LogP) is 6.86. The van der Waals surface area contributed by atoms with E-state index in [1.807, 2.05) is 53.1 Å². The van der Waals surface area contributed by atoms with E-state index < -0.39 is 5.97 Å². The number of aromatic carboxylic acids is 1. The molecule has 1 heterocycles. The van der Waals surface area contributed by atoms with Gasteiger partial charge in [-0.05, 0) is 42.0 Å². The molecule has 5 rings (SSSR count). The number of fused-ring (bicyclic) bond motifs is 2. The number of aromatic nitrogens is 1. The third-order valence-electron chi connectivity index (χ3n) is 6.31. The van der Waals surface area contributed by atoms with Crippen molar-refractivity contribution in [1.29, 1.82) is 0 Å². The van der Waals surface area contributed by atoms with Gasteiger partial charge in [-0.25, -0.2) is 4.79 Å². The third kappa shape index (κ3) is 4.27. The fourth-order valence-electron chi connectivity index (χ4n) is 4.67. The molecule has 0 aliphatic heterocycles. The average molecular weight is 450 g/mol. The van der Waals surface area contributed by atoms with E-state index >= 15 is 0 Å². The van der Waals surface area contributed by atoms with Crippen LogP contribution in [-0.4, -0.2) is 22.2 Å². The van der Waals surface area contributed by atoms with Gasteiger partial charge in [-0.2, -0.15) is 0 Å². The van der Waals surface area contributed by atoms with Crippen LogP contribution in [-0.2, 0) is 13.0 Å². The lowest BCUT2D eigenvalue weighted by molar-refractivity contribution is 0.0684. The van der Waals surface area contributed by atoms with Crippen molar-refractivity contribution in [2.45, 2.75) is 26.3 Å². The minimum atomic E-state index is -0.895. The van der Waals surface area contributed by atoms with Crippen LogP contribution in [0.15, 0.2) is 91.0 Å². The van der Waals surface area contributed by atoms with Crippen molar-refractivity contribution in [3.05, 3.63) is 113 Å². The van der Waals surface area contributed by atoms with Crippen LogP contribution >= 0.6 is 0 Å². The monoisotopic (exact) mass is 449 g/mol. The molecule has 0 atom stereocenters. The van der Waals surface area contributed by atoms with Crippen LogP contribution in [0.1, 0.15) is 33.6 Å². The molecule has 1 aromatic heterocycles. The number of carboxylic acids is 1. The van der Waals surface area contributed by atoms with Crippen molar-refractivity contribution in [2.24, 2.45) is 0 Å². The summed E-state index contributed by atoms with van der Waals surface area (Å²) in [4.78, 5) is 12.4. The zero-order valence-corrected chi connectivity index (χ0v) is 19.2. The number of carbonyl (C=O) groups is 1. The smallest absolute Gasteiger partial charge is 0.352 e. The molecular formula is C30H27NO3. The molecule has 4 nitrogen and oxygen atoms in total. The Morgan fingerprint density at radius 2 is 1.56 bits per heavy atom. The van der Waals surface area contributed by atoms with Gasteiger partial charge in [-0.15, -0.1) is 0 Å². The fourth-order valence-corrected chi connectivity index (χ4v) is 4.67. The summed E-state index contributed by atoms with van der Waals surface area (Å²) in [5.74, 6) is -0.0396. The largest absolute Gasteiger partial charge is 0.493 e. The summed E-state index contributed by atoms with van der Waals surface area (Å²) in [6.07, 6.45) is 1.29. The number of nitrogens with zero attached hydrogens (tertiary/aromatic N) is 1. The molecule has 0 unspecified atom stereocenters. The number of ether oxygens (including phenoxy) is 1. The first-order valence-electron chi connectivity index (χ1n) is 11.6. The van der Waals surface area contributed by atoms with Gasteiger partial charge in [0.05, 0.1) is 6.61 Å². The van der Waals surface area contributed by atoms with Crippen LogP contribution in [0.25, 0.3) is 21.7 Å². The maximum Gasteiger partial charge on any atom is 0.352 e. The zero-order chi connectivity index (χ0) is 23.5. The summed E-state index contributed by atoms with van der Waals surface area (Å²) < 4.78 is 8.04. The maximum atomic E-state index is 12.4. The number of aryl methyl sites for hydroxylation is 2. The summed E-state index contributed by atoms with van der Waals surface area (Å²) in [6.45, 7) is 3.13. The van der Waals surface area contributed by atoms with E-state index in [2.05, 4.69) is 49.4 Å². The second-order valence-corrected chi connectivity index (χ2v) is 8.64. The molecule has 170 valence electrons. The minimum absolute atomic E-state index is 0.368. The Labute approximate surface area is 199 Å². The summed E-state index contributed by atoms with van der Waals surface area (Å²) in [6, 6.07) is 30.5. The number of carboxylic acid groups (broad SMARTS) is 1. The lowest BCUT2D eigenvalue weighted by Gasteiger charge is -2.12. The first kappa shape index (κ1) is 21.8. The van der Waals surface area contributed by atoms with Crippen LogP contribution in [0.2, 0.25) is 0 Å². The summed E-state index contributed by atoms with van der Waals surface area (Å²) in [5, 5.41) is 13.4. The van der Waals surface area contributed by atoms with Gasteiger partial charge in [0.2, 0.25) is 0 Å². The quantitative estimate of drug-likeness (QED) is 0.263. The molecule has 1 N–H and O–H groups in total. The Bertz CT molecular complexity index is 1460. The van der Waals surface area contributed by atoms with E-state index in [9.17, 15) is 9.90 Å². The molecular weight excluding hydrogens is 422 g/mol. The van der Waals surface area contributed by atoms with Gasteiger partial charge in [-0.3, -0.25) is 0 Å². The van der Waals surface area contributed by atoms with Crippen molar-refractivity contribution < 1.29 is 14.6 Å². The summed E-state index contributed by atoms with van der Waals surface area (Å²) in [7, 11) is 0. The average Bonchev–Trinajstić information content (AvgIpc) is 3.17. The topological polar surface area (TPSA) is 51.5 Å². The lowest BCUT2D eigenvalue weighted by Crippen LogP contribution is -2.13. The van der Waals surface area contributed by atoms with E-state index in [4.69, 9.17) is 4.74 Å². The van der Waals surface area contributed by atoms with Gasteiger partial charge in [0, 0.05) is 29.3 Å². The van der Waals surface area contributed by atoms with Gasteiger partial charge in [0.15, 0.2) is 0 Å². The number of para-hydroxylation sites is 1. The van der Waals surface area contributed by atoms with Crippen LogP contribution in [0.4, 0.5) is 0 Å². The highest BCUT2D eigenvalue weighted by molar-refractivity contribution is 5.98. The van der Waals surface area contributed by atoms with Gasteiger partial charge in [-0.1, -0.05) is 84.4 Å². The van der Waals surface area contributed by atoms with E-state index in [-0.39, 0.29) is 0 Å². The van der Waals surface area contributed by atoms with Crippen molar-refractivity contribution in [1.82, 2.24) is 4.57 Å². The number of hydrogen-bond donors (Lipinski definition) is 1. The standard InChI is InChI=1S/C30H27NO3/c1-21-14-16-22(17-15-21)20-26-25-11-4-5-12-27(25)31(29(26)30(32)33)18-7-19-34-28-13-6-9-23-8-2-3-10-24(23)28/h2-6,8-17H,7,18-20H2,1H3,(H,32,33). The van der Waals surface area contributed by atoms with Crippen molar-refractivity contribution in [2.75, 3.05) is 6.61 Å². The number of benzene rings is 4. The maximum absolute atomic E-state index is 12.4. The van der Waals surface area contributed by atoms with Crippen molar-refractivity contribution in [3.63, 3.8) is 0 Å². The van der Waals surface area contributed by atoms with Crippen LogP contribution in [0, 0.1) is 6.92 Å². The van der Waals surface area contributed by atoms with Crippen molar-refractivity contribution >= 4 is 27.6 Å². The van der Waals surface area contributed by atoms with E-state index in [0.717, 1.165) is 38.6 Å². The number of hydrogen-bond acceptors (Lipinski definition) is 2. The van der Waals surface area contributed by atoms with Gasteiger partial charge in [0.1, 0.15) is 11.4 Å². The highest BCUT2D eigenvalue weighted by atomic mass is 16.5. The molecule has 0 saturated heterocycles. The highest BCUT2D eigenvalue weighted by Crippen LogP contribution is 2.30. The van der Waals surface area contributed by atoms with Gasteiger partial charge < -0.3 is 14.4 Å². The molecule has 0 saturated carbocycles. The Kier molecular flexibility index (Phi) is 6.05. The fraction of sp³-hybridized carbons (Fsp3) is 0.167. The molecule has 0 bridgehead atoms. The lowest BCUT2D eigenvalue weighted by atomic mass is 10.0. The molecule has 0 spiro atoms. The SMILES string of the molecule is Cc1ccc(Cc2c(C(=O)O)n(CCCOc3cccc4ccccc34)c3ccccc23)cc1. The predicted molar refractivity (Wildman–Crippen MR) is 137 cm³/mol. The van der Waals surface area contributed by atoms with Crippen LogP contribution in [0.3, 0.4) is 0 Å². The molecule has 4 heteroatoms. The molecule has 0 aliphatic rings. The zero-order valence-electron chi connectivity index (χ0n) is 19.2. The van der Waals surface area contributed by atoms with E-state index in [1.54, 1.807) is 0 Å². The van der Waals surface area contributed by atoms with E-state index in [0.29, 0.717) is 31.7 Å². The number of rotatable bonds is 8. The second-order valence-electron chi connectivity index (χ2n) is 8.64. The molecule has 4 aromatic carbocycles. The normalized spacial score (nSPS) is 11.2. The Hall–Kier alpha value is -4.05. The molecule has 0 amide bonds. The first-order valence-corrected chi connectivity index (χ1v) is 11.6. The van der Waals surface area contributed by atoms with Gasteiger partial charge >= 0.3 is 5.97 Å². The summed E-state index contributed by atoms with van der Waals surface area (Å²) >= 11 is 0. The third-order valence-corrected chi connectivity index (χ3v) is 6.31. The highest BCUT2D eigenvalue weighted by Gasteiger charge is 2.22. The Balaban J connectivity index is 1.41. The molecule has 0 fully saturated rings. The first-order chi connectivity index (χ1) is 16.6. The molecule has 34 heavy (non-hydrogen) atoms. The Morgan fingerprint density at radius 1 is 0.853 bits per heavy atom. The Morgan fingerprint density at radius 3 is 2.35 bits per heavy atom. The summed E-state index contributed by atoms with van der Waals surface area (Å²) in [5.41, 5.74) is 4.48. The molecule has 0 radical (unpaired) electrons. The molecule has 0 aliphatic carbocycles. The molecule has 5 aromatic rings. The van der Waals surface area contributed by atoms with Crippen LogP contribution < -0.4 is 4.74 Å².